The van der Waals surface area contributed by atoms with E-state index in [1.807, 2.05) is 0 Å². The second-order valence-electron chi connectivity index (χ2n) is 2.25. The molecule has 0 aliphatic heterocycles. The van der Waals surface area contributed by atoms with Crippen LogP contribution in [0.3, 0.4) is 0 Å². The van der Waals surface area contributed by atoms with Crippen LogP contribution in [0.4, 0.5) is 0 Å². The van der Waals surface area contributed by atoms with Crippen molar-refractivity contribution in [3.05, 3.63) is 0 Å². The normalized spacial score (nSPS) is 13.4. The highest BCUT2D eigenvalue weighted by Gasteiger charge is 1.97. The van der Waals surface area contributed by atoms with Gasteiger partial charge in [-0.25, -0.2) is 0 Å². The lowest BCUT2D eigenvalue weighted by Crippen LogP contribution is -2.14. The van der Waals surface area contributed by atoms with Crippen molar-refractivity contribution in [1.82, 2.24) is 0 Å². The van der Waals surface area contributed by atoms with Crippen molar-refractivity contribution in [3.63, 3.8) is 0 Å². The number of rotatable bonds is 7. The van der Waals surface area contributed by atoms with E-state index in [4.69, 9.17) is 15.6 Å². The number of nitrogens with two attached hydrogens (primary N) is 1. The number of aliphatic hydroxyl groups excluding tert-OH is 1. The lowest BCUT2D eigenvalue weighted by Gasteiger charge is -2.07. The maximum absolute atomic E-state index is 8.37. The van der Waals surface area contributed by atoms with E-state index in [0.29, 0.717) is 25.0 Å². The smallest absolute Gasteiger partial charge is 0.0698 e. The zero-order valence-corrected chi connectivity index (χ0v) is 7.77. The summed E-state index contributed by atoms with van der Waals surface area (Å²) in [6.07, 6.45) is 0. The largest absolute Gasteiger partial charge is 0.394 e. The van der Waals surface area contributed by atoms with E-state index in [-0.39, 0.29) is 6.61 Å². The Labute approximate surface area is 72.3 Å². The van der Waals surface area contributed by atoms with Crippen molar-refractivity contribution in [2.24, 2.45) is 5.73 Å². The molecule has 0 aromatic rings. The molecule has 0 amide bonds. The first-order chi connectivity index (χ1) is 5.31. The van der Waals surface area contributed by atoms with Gasteiger partial charge in [-0.05, 0) is 0 Å². The standard InChI is InChI=1S/C7H17NO2S/c1-7(6-8)11-5-4-10-3-2-9/h7,9H,2-6,8H2,1H3. The van der Waals surface area contributed by atoms with E-state index in [9.17, 15) is 0 Å². The predicted octanol–water partition coefficient (Wildman–Crippen LogP) is 0.0757. The Morgan fingerprint density at radius 1 is 1.55 bits per heavy atom. The quantitative estimate of drug-likeness (QED) is 0.543. The van der Waals surface area contributed by atoms with Gasteiger partial charge in [0.1, 0.15) is 0 Å². The fourth-order valence-corrected chi connectivity index (χ4v) is 1.30. The maximum Gasteiger partial charge on any atom is 0.0698 e. The van der Waals surface area contributed by atoms with E-state index in [1.165, 1.54) is 0 Å². The molecule has 0 saturated carbocycles. The Kier molecular flexibility index (Phi) is 8.50. The number of ether oxygens (including phenoxy) is 1. The van der Waals surface area contributed by atoms with Gasteiger partial charge < -0.3 is 15.6 Å². The molecule has 0 aromatic heterocycles. The minimum Gasteiger partial charge on any atom is -0.394 e. The minimum atomic E-state index is 0.108. The van der Waals surface area contributed by atoms with E-state index in [1.54, 1.807) is 11.8 Å². The van der Waals surface area contributed by atoms with Crippen LogP contribution in [0.1, 0.15) is 6.92 Å². The molecule has 11 heavy (non-hydrogen) atoms. The molecule has 0 radical (unpaired) electrons. The van der Waals surface area contributed by atoms with Crippen molar-refractivity contribution < 1.29 is 9.84 Å². The fourth-order valence-electron chi connectivity index (χ4n) is 0.543. The van der Waals surface area contributed by atoms with Gasteiger partial charge in [-0.1, -0.05) is 6.92 Å². The van der Waals surface area contributed by atoms with Gasteiger partial charge in [-0.2, -0.15) is 11.8 Å². The molecule has 0 aliphatic rings. The van der Waals surface area contributed by atoms with Crippen LogP contribution in [-0.2, 0) is 4.74 Å². The molecular formula is C7H17NO2S. The first kappa shape index (κ1) is 11.2. The lowest BCUT2D eigenvalue weighted by atomic mass is 10.5. The molecule has 0 heterocycles. The monoisotopic (exact) mass is 179 g/mol. The molecule has 3 nitrogen and oxygen atoms in total. The summed E-state index contributed by atoms with van der Waals surface area (Å²) in [4.78, 5) is 0. The summed E-state index contributed by atoms with van der Waals surface area (Å²) in [6, 6.07) is 0. The van der Waals surface area contributed by atoms with Crippen molar-refractivity contribution in [2.45, 2.75) is 12.2 Å². The number of hydrogen-bond acceptors (Lipinski definition) is 4. The van der Waals surface area contributed by atoms with Crippen LogP contribution < -0.4 is 5.73 Å². The lowest BCUT2D eigenvalue weighted by molar-refractivity contribution is 0.103. The van der Waals surface area contributed by atoms with E-state index in [2.05, 4.69) is 6.92 Å². The molecule has 4 heteroatoms. The van der Waals surface area contributed by atoms with Crippen molar-refractivity contribution in [3.8, 4) is 0 Å². The van der Waals surface area contributed by atoms with Crippen molar-refractivity contribution in [1.29, 1.82) is 0 Å². The predicted molar refractivity (Wildman–Crippen MR) is 48.9 cm³/mol. The van der Waals surface area contributed by atoms with Gasteiger partial charge in [0.2, 0.25) is 0 Å². The molecule has 0 saturated heterocycles. The van der Waals surface area contributed by atoms with Crippen LogP contribution >= 0.6 is 11.8 Å². The summed E-state index contributed by atoms with van der Waals surface area (Å²) < 4.78 is 5.07. The summed E-state index contributed by atoms with van der Waals surface area (Å²) >= 11 is 1.80. The van der Waals surface area contributed by atoms with E-state index < -0.39 is 0 Å². The van der Waals surface area contributed by atoms with Crippen LogP contribution in [0.5, 0.6) is 0 Å². The zero-order valence-electron chi connectivity index (χ0n) is 6.95. The highest BCUT2D eigenvalue weighted by atomic mass is 32.2. The van der Waals surface area contributed by atoms with Gasteiger partial charge in [0.05, 0.1) is 19.8 Å². The van der Waals surface area contributed by atoms with E-state index in [0.717, 1.165) is 5.75 Å². The third kappa shape index (κ3) is 8.13. The highest BCUT2D eigenvalue weighted by molar-refractivity contribution is 7.99. The summed E-state index contributed by atoms with van der Waals surface area (Å²) in [6.45, 7) is 4.06. The summed E-state index contributed by atoms with van der Waals surface area (Å²) in [5.74, 6) is 0.957. The van der Waals surface area contributed by atoms with Crippen LogP contribution in [0.25, 0.3) is 0 Å². The number of aliphatic hydroxyl groups is 1. The van der Waals surface area contributed by atoms with Crippen LogP contribution in [0.2, 0.25) is 0 Å². The summed E-state index contributed by atoms with van der Waals surface area (Å²) in [7, 11) is 0. The van der Waals surface area contributed by atoms with Crippen LogP contribution in [0.15, 0.2) is 0 Å². The molecule has 0 rings (SSSR count). The second-order valence-corrected chi connectivity index (χ2v) is 3.80. The zero-order chi connectivity index (χ0) is 8.53. The molecule has 0 aliphatic carbocycles. The van der Waals surface area contributed by atoms with Gasteiger partial charge >= 0.3 is 0 Å². The molecule has 0 fully saturated rings. The SMILES string of the molecule is CC(CN)SCCOCCO. The molecule has 1 atom stereocenters. The highest BCUT2D eigenvalue weighted by Crippen LogP contribution is 2.07. The van der Waals surface area contributed by atoms with Gasteiger partial charge in [0.15, 0.2) is 0 Å². The third-order valence-corrected chi connectivity index (χ3v) is 2.36. The second kappa shape index (κ2) is 8.33. The maximum atomic E-state index is 8.37. The summed E-state index contributed by atoms with van der Waals surface area (Å²) in [5.41, 5.74) is 5.41. The average molecular weight is 179 g/mol. The number of hydrogen-bond donors (Lipinski definition) is 2. The van der Waals surface area contributed by atoms with Crippen LogP contribution in [0, 0.1) is 0 Å². The molecule has 1 unspecified atom stereocenters. The first-order valence-electron chi connectivity index (χ1n) is 3.81. The first-order valence-corrected chi connectivity index (χ1v) is 4.86. The fraction of sp³-hybridized carbons (Fsp3) is 1.00. The summed E-state index contributed by atoms with van der Waals surface area (Å²) in [5, 5.41) is 8.88. The third-order valence-electron chi connectivity index (χ3n) is 1.20. The van der Waals surface area contributed by atoms with Crippen molar-refractivity contribution in [2.75, 3.05) is 32.1 Å². The Balaban J connectivity index is 2.89. The van der Waals surface area contributed by atoms with Gasteiger partial charge in [0, 0.05) is 17.5 Å². The molecule has 0 aromatic carbocycles. The van der Waals surface area contributed by atoms with E-state index >= 15 is 0 Å². The Hall–Kier alpha value is 0.230. The number of thioether (sulfide) groups is 1. The van der Waals surface area contributed by atoms with Gasteiger partial charge in [-0.3, -0.25) is 0 Å². The topological polar surface area (TPSA) is 55.5 Å². The van der Waals surface area contributed by atoms with Gasteiger partial charge in [0.25, 0.3) is 0 Å². The molecule has 0 bridgehead atoms. The Bertz CT molecular complexity index is 82.8. The Morgan fingerprint density at radius 3 is 2.82 bits per heavy atom. The molecule has 68 valence electrons. The molecule has 0 spiro atoms. The average Bonchev–Trinajstić information content (AvgIpc) is 2.04. The van der Waals surface area contributed by atoms with Crippen molar-refractivity contribution >= 4 is 11.8 Å². The molecular weight excluding hydrogens is 162 g/mol. The van der Waals surface area contributed by atoms with Crippen LogP contribution in [-0.4, -0.2) is 42.5 Å². The van der Waals surface area contributed by atoms with Gasteiger partial charge in [-0.15, -0.1) is 0 Å². The minimum absolute atomic E-state index is 0.108. The molecule has 3 N–H and O–H groups in total. The Morgan fingerprint density at radius 2 is 2.27 bits per heavy atom.